The lowest BCUT2D eigenvalue weighted by atomic mass is 10.1. The van der Waals surface area contributed by atoms with Crippen molar-refractivity contribution < 1.29 is 8.42 Å². The highest BCUT2D eigenvalue weighted by Gasteiger charge is 2.20. The third-order valence-electron chi connectivity index (χ3n) is 3.92. The molecule has 2 aromatic rings. The number of sulfonamides is 1. The van der Waals surface area contributed by atoms with Gasteiger partial charge in [-0.05, 0) is 25.0 Å². The van der Waals surface area contributed by atoms with Gasteiger partial charge in [-0.25, -0.2) is 13.6 Å². The molecule has 6 nitrogen and oxygen atoms in total. The molecule has 1 heterocycles. The van der Waals surface area contributed by atoms with Crippen molar-refractivity contribution in [2.45, 2.75) is 36.6 Å². The maximum absolute atomic E-state index is 11.7. The van der Waals surface area contributed by atoms with E-state index in [9.17, 15) is 8.42 Å². The molecule has 3 rings (SSSR count). The van der Waals surface area contributed by atoms with Crippen LogP contribution in [0.15, 0.2) is 35.5 Å². The predicted molar refractivity (Wildman–Crippen MR) is 81.0 cm³/mol. The van der Waals surface area contributed by atoms with Crippen LogP contribution in [0.25, 0.3) is 11.1 Å². The standard InChI is InChI=1S/C14H18N4O2S/c15-11-5-6-13(14(7-11)21(16,19)20)10-8-17-18(9-10)12-3-1-2-4-12/h5-9,12H,1-4,15H2,(H2,16,19,20). The molecule has 0 aliphatic heterocycles. The molecule has 0 spiro atoms. The Morgan fingerprint density at radius 2 is 1.95 bits per heavy atom. The lowest BCUT2D eigenvalue weighted by Crippen LogP contribution is -2.13. The summed E-state index contributed by atoms with van der Waals surface area (Å²) in [5.74, 6) is 0. The second kappa shape index (κ2) is 5.16. The van der Waals surface area contributed by atoms with Crippen LogP contribution in [0, 0.1) is 0 Å². The van der Waals surface area contributed by atoms with Crippen LogP contribution < -0.4 is 10.9 Å². The Morgan fingerprint density at radius 3 is 2.62 bits per heavy atom. The predicted octanol–water partition coefficient (Wildman–Crippen LogP) is 1.89. The molecule has 7 heteroatoms. The highest BCUT2D eigenvalue weighted by Crippen LogP contribution is 2.32. The summed E-state index contributed by atoms with van der Waals surface area (Å²) in [6.07, 6.45) is 8.22. The first-order valence-electron chi connectivity index (χ1n) is 6.92. The number of aromatic nitrogens is 2. The van der Waals surface area contributed by atoms with Gasteiger partial charge in [0.2, 0.25) is 10.0 Å². The van der Waals surface area contributed by atoms with E-state index < -0.39 is 10.0 Å². The molecule has 1 saturated carbocycles. The first kappa shape index (κ1) is 14.1. The molecule has 0 saturated heterocycles. The fraction of sp³-hybridized carbons (Fsp3) is 0.357. The molecular weight excluding hydrogens is 288 g/mol. The number of nitrogens with two attached hydrogens (primary N) is 2. The van der Waals surface area contributed by atoms with E-state index in [0.29, 0.717) is 17.3 Å². The van der Waals surface area contributed by atoms with E-state index >= 15 is 0 Å². The first-order chi connectivity index (χ1) is 9.95. The van der Waals surface area contributed by atoms with Crippen molar-refractivity contribution in [3.63, 3.8) is 0 Å². The number of primary sulfonamides is 1. The topological polar surface area (TPSA) is 104 Å². The van der Waals surface area contributed by atoms with Crippen LogP contribution in [0.5, 0.6) is 0 Å². The van der Waals surface area contributed by atoms with Crippen LogP contribution >= 0.6 is 0 Å². The lowest BCUT2D eigenvalue weighted by molar-refractivity contribution is 0.467. The number of benzene rings is 1. The van der Waals surface area contributed by atoms with Crippen LogP contribution in [-0.4, -0.2) is 18.2 Å². The van der Waals surface area contributed by atoms with Crippen LogP contribution in [0.1, 0.15) is 31.7 Å². The van der Waals surface area contributed by atoms with Crippen molar-refractivity contribution in [2.75, 3.05) is 5.73 Å². The molecule has 4 N–H and O–H groups in total. The van der Waals surface area contributed by atoms with E-state index in [-0.39, 0.29) is 4.90 Å². The quantitative estimate of drug-likeness (QED) is 0.845. The monoisotopic (exact) mass is 306 g/mol. The summed E-state index contributed by atoms with van der Waals surface area (Å²) in [6, 6.07) is 5.13. The van der Waals surface area contributed by atoms with Gasteiger partial charge >= 0.3 is 0 Å². The minimum Gasteiger partial charge on any atom is -0.399 e. The molecule has 0 bridgehead atoms. The number of rotatable bonds is 3. The van der Waals surface area contributed by atoms with Gasteiger partial charge in [-0.1, -0.05) is 18.9 Å². The van der Waals surface area contributed by atoms with E-state index in [4.69, 9.17) is 10.9 Å². The molecule has 112 valence electrons. The van der Waals surface area contributed by atoms with Crippen LogP contribution in [0.4, 0.5) is 5.69 Å². The number of anilines is 1. The fourth-order valence-electron chi connectivity index (χ4n) is 2.86. The van der Waals surface area contributed by atoms with Crippen molar-refractivity contribution >= 4 is 15.7 Å². The van der Waals surface area contributed by atoms with Gasteiger partial charge < -0.3 is 5.73 Å². The highest BCUT2D eigenvalue weighted by molar-refractivity contribution is 7.89. The van der Waals surface area contributed by atoms with E-state index in [2.05, 4.69) is 5.10 Å². The third kappa shape index (κ3) is 2.79. The number of hydrogen-bond acceptors (Lipinski definition) is 4. The van der Waals surface area contributed by atoms with E-state index in [0.717, 1.165) is 18.4 Å². The van der Waals surface area contributed by atoms with Gasteiger partial charge in [0.25, 0.3) is 0 Å². The molecule has 21 heavy (non-hydrogen) atoms. The molecule has 0 amide bonds. The Kier molecular flexibility index (Phi) is 3.46. The van der Waals surface area contributed by atoms with Crippen molar-refractivity contribution in [2.24, 2.45) is 5.14 Å². The maximum Gasteiger partial charge on any atom is 0.238 e. The summed E-state index contributed by atoms with van der Waals surface area (Å²) < 4.78 is 25.4. The summed E-state index contributed by atoms with van der Waals surface area (Å²) in [6.45, 7) is 0. The van der Waals surface area contributed by atoms with Crippen LogP contribution in [-0.2, 0) is 10.0 Å². The lowest BCUT2D eigenvalue weighted by Gasteiger charge is -2.09. The van der Waals surface area contributed by atoms with Gasteiger partial charge in [0.15, 0.2) is 0 Å². The van der Waals surface area contributed by atoms with Crippen molar-refractivity contribution in [1.82, 2.24) is 9.78 Å². The summed E-state index contributed by atoms with van der Waals surface area (Å²) in [7, 11) is -3.83. The minimum absolute atomic E-state index is 0.0356. The van der Waals surface area contributed by atoms with Gasteiger partial charge in [-0.2, -0.15) is 5.10 Å². The normalized spacial score (nSPS) is 16.4. The Balaban J connectivity index is 2.04. The molecule has 0 atom stereocenters. The highest BCUT2D eigenvalue weighted by atomic mass is 32.2. The second-order valence-electron chi connectivity index (χ2n) is 5.45. The van der Waals surface area contributed by atoms with Crippen molar-refractivity contribution in [3.8, 4) is 11.1 Å². The van der Waals surface area contributed by atoms with Gasteiger partial charge in [-0.15, -0.1) is 0 Å². The Labute approximate surface area is 123 Å². The molecule has 1 aliphatic rings. The van der Waals surface area contributed by atoms with Crippen molar-refractivity contribution in [1.29, 1.82) is 0 Å². The number of nitrogen functional groups attached to an aromatic ring is 1. The van der Waals surface area contributed by atoms with Crippen LogP contribution in [0.3, 0.4) is 0 Å². The van der Waals surface area contributed by atoms with Gasteiger partial charge in [0.05, 0.1) is 17.1 Å². The molecular formula is C14H18N4O2S. The summed E-state index contributed by atoms with van der Waals surface area (Å²) in [4.78, 5) is 0.0356. The summed E-state index contributed by atoms with van der Waals surface area (Å²) in [5, 5.41) is 9.65. The van der Waals surface area contributed by atoms with E-state index in [1.807, 2.05) is 10.9 Å². The third-order valence-corrected chi connectivity index (χ3v) is 4.87. The first-order valence-corrected chi connectivity index (χ1v) is 8.46. The SMILES string of the molecule is Nc1ccc(-c2cnn(C3CCCC3)c2)c(S(N)(=O)=O)c1. The van der Waals surface area contributed by atoms with Gasteiger partial charge in [-0.3, -0.25) is 4.68 Å². The second-order valence-corrected chi connectivity index (χ2v) is 6.98. The van der Waals surface area contributed by atoms with Crippen molar-refractivity contribution in [3.05, 3.63) is 30.6 Å². The Bertz CT molecular complexity index is 761. The van der Waals surface area contributed by atoms with Crippen LogP contribution in [0.2, 0.25) is 0 Å². The Morgan fingerprint density at radius 1 is 1.24 bits per heavy atom. The number of hydrogen-bond donors (Lipinski definition) is 2. The van der Waals surface area contributed by atoms with E-state index in [1.54, 1.807) is 18.3 Å². The zero-order chi connectivity index (χ0) is 15.0. The van der Waals surface area contributed by atoms with E-state index in [1.165, 1.54) is 18.9 Å². The zero-order valence-electron chi connectivity index (χ0n) is 11.6. The molecule has 1 aromatic carbocycles. The average molecular weight is 306 g/mol. The smallest absolute Gasteiger partial charge is 0.238 e. The van der Waals surface area contributed by atoms with Gasteiger partial charge in [0.1, 0.15) is 0 Å². The zero-order valence-corrected chi connectivity index (χ0v) is 12.4. The fourth-order valence-corrected chi connectivity index (χ4v) is 3.65. The Hall–Kier alpha value is -1.86. The summed E-state index contributed by atoms with van der Waals surface area (Å²) >= 11 is 0. The van der Waals surface area contributed by atoms with Gasteiger partial charge in [0, 0.05) is 23.0 Å². The molecule has 0 radical (unpaired) electrons. The average Bonchev–Trinajstić information content (AvgIpc) is 3.08. The minimum atomic E-state index is -3.83. The maximum atomic E-state index is 11.7. The molecule has 1 aromatic heterocycles. The molecule has 1 aliphatic carbocycles. The molecule has 0 unspecified atom stereocenters. The molecule has 1 fully saturated rings. The largest absolute Gasteiger partial charge is 0.399 e. The summed E-state index contributed by atoms with van der Waals surface area (Å²) in [5.41, 5.74) is 7.31. The number of nitrogens with zero attached hydrogens (tertiary/aromatic N) is 2.